The fourth-order valence-electron chi connectivity index (χ4n) is 0.844. The van der Waals surface area contributed by atoms with Crippen LogP contribution in [0.3, 0.4) is 0 Å². The number of hydrogen-bond acceptors (Lipinski definition) is 2. The van der Waals surface area contributed by atoms with E-state index in [-0.39, 0.29) is 17.5 Å². The van der Waals surface area contributed by atoms with Gasteiger partial charge in [0.2, 0.25) is 0 Å². The predicted molar refractivity (Wildman–Crippen MR) is 54.5 cm³/mol. The van der Waals surface area contributed by atoms with Crippen molar-refractivity contribution in [3.05, 3.63) is 0 Å². The van der Waals surface area contributed by atoms with Crippen LogP contribution < -0.4 is 0 Å². The summed E-state index contributed by atoms with van der Waals surface area (Å²) in [5, 5.41) is 0. The van der Waals surface area contributed by atoms with E-state index in [1.54, 1.807) is 0 Å². The zero-order chi connectivity index (χ0) is 10.5. The molecule has 0 radical (unpaired) electrons. The van der Waals surface area contributed by atoms with E-state index in [2.05, 4.69) is 20.8 Å². The maximum absolute atomic E-state index is 11.2. The van der Waals surface area contributed by atoms with Crippen LogP contribution in [0, 0.1) is 5.41 Å². The SMILES string of the molecule is CCC(C)OC(=O)CCC(C)(C)C. The number of rotatable bonds is 4. The lowest BCUT2D eigenvalue weighted by molar-refractivity contribution is -0.148. The summed E-state index contributed by atoms with van der Waals surface area (Å²) in [4.78, 5) is 11.2. The first kappa shape index (κ1) is 12.5. The molecular formula is C11H22O2. The van der Waals surface area contributed by atoms with E-state index < -0.39 is 0 Å². The van der Waals surface area contributed by atoms with E-state index in [4.69, 9.17) is 4.74 Å². The van der Waals surface area contributed by atoms with Crippen LogP contribution >= 0.6 is 0 Å². The molecule has 0 aliphatic heterocycles. The largest absolute Gasteiger partial charge is 0.463 e. The summed E-state index contributed by atoms with van der Waals surface area (Å²) in [6.45, 7) is 10.3. The molecule has 0 rings (SSSR count). The molecule has 0 fully saturated rings. The van der Waals surface area contributed by atoms with E-state index in [1.807, 2.05) is 13.8 Å². The number of ether oxygens (including phenoxy) is 1. The minimum Gasteiger partial charge on any atom is -0.463 e. The van der Waals surface area contributed by atoms with Gasteiger partial charge in [0.1, 0.15) is 0 Å². The summed E-state index contributed by atoms with van der Waals surface area (Å²) in [6.07, 6.45) is 2.38. The second-order valence-electron chi connectivity index (χ2n) is 4.77. The van der Waals surface area contributed by atoms with Gasteiger partial charge in [-0.2, -0.15) is 0 Å². The van der Waals surface area contributed by atoms with Crippen molar-refractivity contribution in [3.63, 3.8) is 0 Å². The second kappa shape index (κ2) is 5.25. The van der Waals surface area contributed by atoms with Crippen molar-refractivity contribution in [3.8, 4) is 0 Å². The minimum absolute atomic E-state index is 0.0625. The lowest BCUT2D eigenvalue weighted by Crippen LogP contribution is -2.16. The number of hydrogen-bond donors (Lipinski definition) is 0. The Labute approximate surface area is 81.7 Å². The molecule has 0 spiro atoms. The molecule has 1 atom stereocenters. The number of carbonyl (C=O) groups excluding carboxylic acids is 1. The quantitative estimate of drug-likeness (QED) is 0.630. The molecular weight excluding hydrogens is 164 g/mol. The first-order chi connectivity index (χ1) is 5.85. The van der Waals surface area contributed by atoms with Crippen molar-refractivity contribution in [1.29, 1.82) is 0 Å². The Bertz CT molecular complexity index is 156. The van der Waals surface area contributed by atoms with Crippen LogP contribution in [0.25, 0.3) is 0 Å². The Morgan fingerprint density at radius 1 is 1.38 bits per heavy atom. The summed E-state index contributed by atoms with van der Waals surface area (Å²) >= 11 is 0. The van der Waals surface area contributed by atoms with E-state index in [1.165, 1.54) is 0 Å². The minimum atomic E-state index is -0.0655. The molecule has 0 bridgehead atoms. The Morgan fingerprint density at radius 2 is 1.92 bits per heavy atom. The van der Waals surface area contributed by atoms with Crippen LogP contribution in [0.4, 0.5) is 0 Å². The molecule has 0 aliphatic carbocycles. The molecule has 0 heterocycles. The Morgan fingerprint density at radius 3 is 2.31 bits per heavy atom. The number of esters is 1. The Kier molecular flexibility index (Phi) is 5.04. The van der Waals surface area contributed by atoms with Crippen LogP contribution in [-0.2, 0) is 9.53 Å². The molecule has 0 saturated carbocycles. The van der Waals surface area contributed by atoms with Gasteiger partial charge in [-0.3, -0.25) is 4.79 Å². The third-order valence-electron chi connectivity index (χ3n) is 1.99. The van der Waals surface area contributed by atoms with Gasteiger partial charge in [-0.15, -0.1) is 0 Å². The van der Waals surface area contributed by atoms with Crippen LogP contribution in [0.1, 0.15) is 53.9 Å². The van der Waals surface area contributed by atoms with Crippen molar-refractivity contribution in [2.24, 2.45) is 5.41 Å². The molecule has 0 N–H and O–H groups in total. The van der Waals surface area contributed by atoms with E-state index in [0.717, 1.165) is 12.8 Å². The monoisotopic (exact) mass is 186 g/mol. The first-order valence-corrected chi connectivity index (χ1v) is 5.04. The Hall–Kier alpha value is -0.530. The summed E-state index contributed by atoms with van der Waals surface area (Å²) in [7, 11) is 0. The Balaban J connectivity index is 3.64. The van der Waals surface area contributed by atoms with Crippen molar-refractivity contribution >= 4 is 5.97 Å². The van der Waals surface area contributed by atoms with Gasteiger partial charge in [0.15, 0.2) is 0 Å². The molecule has 13 heavy (non-hydrogen) atoms. The summed E-state index contributed by atoms with van der Waals surface area (Å²) < 4.78 is 5.16. The van der Waals surface area contributed by atoms with Crippen LogP contribution in [0.15, 0.2) is 0 Å². The van der Waals surface area contributed by atoms with Gasteiger partial charge in [-0.1, -0.05) is 27.7 Å². The zero-order valence-corrected chi connectivity index (χ0v) is 9.52. The van der Waals surface area contributed by atoms with Gasteiger partial charge in [0, 0.05) is 6.42 Å². The average molecular weight is 186 g/mol. The molecule has 2 heteroatoms. The number of carbonyl (C=O) groups is 1. The average Bonchev–Trinajstić information content (AvgIpc) is 1.99. The van der Waals surface area contributed by atoms with Crippen molar-refractivity contribution in [2.45, 2.75) is 60.0 Å². The van der Waals surface area contributed by atoms with Crippen LogP contribution in [0.5, 0.6) is 0 Å². The standard InChI is InChI=1S/C11H22O2/c1-6-9(2)13-10(12)7-8-11(3,4)5/h9H,6-8H2,1-5H3. The highest BCUT2D eigenvalue weighted by Crippen LogP contribution is 2.20. The van der Waals surface area contributed by atoms with Crippen molar-refractivity contribution < 1.29 is 9.53 Å². The highest BCUT2D eigenvalue weighted by atomic mass is 16.5. The molecule has 78 valence electrons. The maximum atomic E-state index is 11.2. The summed E-state index contributed by atoms with van der Waals surface area (Å²) in [5.41, 5.74) is 0.217. The maximum Gasteiger partial charge on any atom is 0.306 e. The lowest BCUT2D eigenvalue weighted by Gasteiger charge is -2.18. The molecule has 0 aromatic heterocycles. The molecule has 1 unspecified atom stereocenters. The fourth-order valence-corrected chi connectivity index (χ4v) is 0.844. The van der Waals surface area contributed by atoms with Gasteiger partial charge in [-0.25, -0.2) is 0 Å². The van der Waals surface area contributed by atoms with Gasteiger partial charge in [-0.05, 0) is 25.2 Å². The van der Waals surface area contributed by atoms with Gasteiger partial charge in [0.25, 0.3) is 0 Å². The smallest absolute Gasteiger partial charge is 0.306 e. The normalized spacial score (nSPS) is 13.9. The van der Waals surface area contributed by atoms with Gasteiger partial charge >= 0.3 is 5.97 Å². The van der Waals surface area contributed by atoms with Crippen molar-refractivity contribution in [1.82, 2.24) is 0 Å². The molecule has 0 amide bonds. The molecule has 0 aromatic carbocycles. The molecule has 0 aliphatic rings. The summed E-state index contributed by atoms with van der Waals surface area (Å²) in [6, 6.07) is 0. The van der Waals surface area contributed by atoms with E-state index >= 15 is 0 Å². The highest BCUT2D eigenvalue weighted by Gasteiger charge is 2.14. The first-order valence-electron chi connectivity index (χ1n) is 5.04. The lowest BCUT2D eigenvalue weighted by atomic mass is 9.91. The van der Waals surface area contributed by atoms with Gasteiger partial charge < -0.3 is 4.74 Å². The topological polar surface area (TPSA) is 26.3 Å². The van der Waals surface area contributed by atoms with E-state index in [0.29, 0.717) is 6.42 Å². The fraction of sp³-hybridized carbons (Fsp3) is 0.909. The van der Waals surface area contributed by atoms with Gasteiger partial charge in [0.05, 0.1) is 6.10 Å². The summed E-state index contributed by atoms with van der Waals surface area (Å²) in [5.74, 6) is -0.0655. The zero-order valence-electron chi connectivity index (χ0n) is 9.52. The van der Waals surface area contributed by atoms with Crippen LogP contribution in [0.2, 0.25) is 0 Å². The molecule has 0 saturated heterocycles. The van der Waals surface area contributed by atoms with Crippen LogP contribution in [-0.4, -0.2) is 12.1 Å². The molecule has 0 aromatic rings. The predicted octanol–water partition coefficient (Wildman–Crippen LogP) is 3.15. The second-order valence-corrected chi connectivity index (χ2v) is 4.77. The third-order valence-corrected chi connectivity index (χ3v) is 1.99. The molecule has 2 nitrogen and oxygen atoms in total. The third kappa shape index (κ3) is 7.82. The highest BCUT2D eigenvalue weighted by molar-refractivity contribution is 5.69. The van der Waals surface area contributed by atoms with Crippen molar-refractivity contribution in [2.75, 3.05) is 0 Å². The van der Waals surface area contributed by atoms with E-state index in [9.17, 15) is 4.79 Å².